The van der Waals surface area contributed by atoms with Crippen LogP contribution in [0.25, 0.3) is 0 Å². The first-order valence-corrected chi connectivity index (χ1v) is 11.2. The number of Topliss-reactive ketones (excluding diaryl/α,β-unsaturated/α-hetero) is 1. The third kappa shape index (κ3) is 5.26. The molecular formula is C18H22Cl2N2O5S. The molecule has 0 unspecified atom stereocenters. The molecule has 0 spiro atoms. The Balaban J connectivity index is 1.99. The van der Waals surface area contributed by atoms with E-state index in [4.69, 9.17) is 27.9 Å². The number of hydrogen-bond acceptors (Lipinski definition) is 5. The van der Waals surface area contributed by atoms with Gasteiger partial charge in [0.15, 0.2) is 12.4 Å². The summed E-state index contributed by atoms with van der Waals surface area (Å²) < 4.78 is 29.8. The van der Waals surface area contributed by atoms with Crippen LogP contribution in [0.15, 0.2) is 24.3 Å². The van der Waals surface area contributed by atoms with Gasteiger partial charge in [-0.2, -0.15) is 4.31 Å². The zero-order valence-electron chi connectivity index (χ0n) is 15.7. The second kappa shape index (κ2) is 9.26. The van der Waals surface area contributed by atoms with Crippen LogP contribution in [-0.4, -0.2) is 68.4 Å². The maximum absolute atomic E-state index is 12.3. The molecule has 1 aliphatic heterocycles. The first kappa shape index (κ1) is 22.7. The lowest BCUT2D eigenvalue weighted by Crippen LogP contribution is -2.51. The van der Waals surface area contributed by atoms with Crippen LogP contribution in [0.4, 0.5) is 0 Å². The molecule has 0 atom stereocenters. The number of rotatable bonds is 7. The quantitative estimate of drug-likeness (QED) is 0.472. The van der Waals surface area contributed by atoms with Crippen molar-refractivity contribution in [3.8, 4) is 5.75 Å². The molecule has 10 heteroatoms. The summed E-state index contributed by atoms with van der Waals surface area (Å²) in [6, 6.07) is 2.97. The van der Waals surface area contributed by atoms with Crippen LogP contribution in [0, 0.1) is 0 Å². The van der Waals surface area contributed by atoms with Crippen LogP contribution in [-0.2, 0) is 14.8 Å². The monoisotopic (exact) mass is 448 g/mol. The normalized spacial score (nSPS) is 15.4. The van der Waals surface area contributed by atoms with Gasteiger partial charge >= 0.3 is 0 Å². The maximum Gasteiger partial charge on any atom is 0.260 e. The minimum Gasteiger partial charge on any atom is -0.482 e. The fraction of sp³-hybridized carbons (Fsp3) is 0.444. The molecule has 2 rings (SSSR count). The number of ether oxygens (including phenoxy) is 1. The lowest BCUT2D eigenvalue weighted by Gasteiger charge is -2.33. The number of ketones is 1. The summed E-state index contributed by atoms with van der Waals surface area (Å²) in [5, 5.41) is 0.0964. The van der Waals surface area contributed by atoms with E-state index in [1.807, 2.05) is 6.92 Å². The third-order valence-corrected chi connectivity index (χ3v) is 6.62. The number of piperazine rings is 1. The lowest BCUT2D eigenvalue weighted by atomic mass is 10.0. The van der Waals surface area contributed by atoms with E-state index >= 15 is 0 Å². The highest BCUT2D eigenvalue weighted by atomic mass is 35.5. The Morgan fingerprint density at radius 2 is 1.75 bits per heavy atom. The fourth-order valence-electron chi connectivity index (χ4n) is 2.67. The Morgan fingerprint density at radius 1 is 1.14 bits per heavy atom. The van der Waals surface area contributed by atoms with E-state index in [-0.39, 0.29) is 65.8 Å². The van der Waals surface area contributed by atoms with Crippen molar-refractivity contribution in [2.45, 2.75) is 13.3 Å². The van der Waals surface area contributed by atoms with E-state index in [0.29, 0.717) is 12.0 Å². The van der Waals surface area contributed by atoms with Crippen molar-refractivity contribution in [1.82, 2.24) is 9.21 Å². The third-order valence-electron chi connectivity index (χ3n) is 4.45. The van der Waals surface area contributed by atoms with Crippen molar-refractivity contribution in [2.75, 3.05) is 39.0 Å². The van der Waals surface area contributed by atoms with Gasteiger partial charge < -0.3 is 9.64 Å². The van der Waals surface area contributed by atoms with Crippen molar-refractivity contribution in [1.29, 1.82) is 0 Å². The summed E-state index contributed by atoms with van der Waals surface area (Å²) in [7, 11) is -3.26. The van der Waals surface area contributed by atoms with Gasteiger partial charge in [0.05, 0.1) is 11.3 Å². The van der Waals surface area contributed by atoms with Gasteiger partial charge in [-0.25, -0.2) is 8.42 Å². The largest absolute Gasteiger partial charge is 0.482 e. The van der Waals surface area contributed by atoms with Crippen LogP contribution in [0.3, 0.4) is 0 Å². The zero-order chi connectivity index (χ0) is 21.1. The van der Waals surface area contributed by atoms with E-state index in [2.05, 4.69) is 6.58 Å². The Bertz CT molecular complexity index is 893. The van der Waals surface area contributed by atoms with Crippen molar-refractivity contribution in [2.24, 2.45) is 0 Å². The van der Waals surface area contributed by atoms with Crippen LogP contribution in [0.2, 0.25) is 10.0 Å². The Hall–Kier alpha value is -1.61. The summed E-state index contributed by atoms with van der Waals surface area (Å²) in [5.74, 6) is -0.394. The average Bonchev–Trinajstić information content (AvgIpc) is 2.67. The molecule has 154 valence electrons. The molecule has 28 heavy (non-hydrogen) atoms. The molecule has 1 amide bonds. The molecule has 1 aliphatic rings. The van der Waals surface area contributed by atoms with Gasteiger partial charge in [0.25, 0.3) is 5.91 Å². The molecule has 1 aromatic rings. The number of carbonyl (C=O) groups is 2. The molecule has 0 saturated carbocycles. The summed E-state index contributed by atoms with van der Waals surface area (Å²) in [6.07, 6.45) is 1.63. The van der Waals surface area contributed by atoms with Crippen LogP contribution < -0.4 is 4.74 Å². The number of benzene rings is 1. The predicted octanol–water partition coefficient (Wildman–Crippen LogP) is 2.62. The smallest absolute Gasteiger partial charge is 0.260 e. The Morgan fingerprint density at radius 3 is 2.29 bits per heavy atom. The van der Waals surface area contributed by atoms with Gasteiger partial charge in [0.2, 0.25) is 10.0 Å². The fourth-order valence-corrected chi connectivity index (χ4v) is 3.96. The minimum atomic E-state index is -3.26. The molecule has 7 nitrogen and oxygen atoms in total. The maximum atomic E-state index is 12.3. The summed E-state index contributed by atoms with van der Waals surface area (Å²) in [5.41, 5.74) is 0.643. The number of carbonyl (C=O) groups excluding carboxylic acids is 2. The van der Waals surface area contributed by atoms with Gasteiger partial charge in [0.1, 0.15) is 10.8 Å². The van der Waals surface area contributed by atoms with Crippen molar-refractivity contribution < 1.29 is 22.7 Å². The molecule has 1 heterocycles. The Labute approximate surface area is 174 Å². The zero-order valence-corrected chi connectivity index (χ0v) is 18.0. The van der Waals surface area contributed by atoms with Crippen LogP contribution >= 0.6 is 23.2 Å². The van der Waals surface area contributed by atoms with E-state index < -0.39 is 10.0 Å². The van der Waals surface area contributed by atoms with Crippen LogP contribution in [0.1, 0.15) is 23.7 Å². The van der Waals surface area contributed by atoms with Crippen molar-refractivity contribution in [3.63, 3.8) is 0 Å². The minimum absolute atomic E-state index is 0.0473. The molecule has 0 aliphatic carbocycles. The van der Waals surface area contributed by atoms with E-state index in [1.165, 1.54) is 21.3 Å². The molecular weight excluding hydrogens is 427 g/mol. The standard InChI is InChI=1S/C18H22Cl2N2O5S/c1-4-12(2)18(24)13-5-6-14(17(20)16(13)19)27-11-15(23)21-7-9-22(10-8-21)28(3,25)26/h5-6H,2,4,7-11H2,1,3H3. The number of halogens is 2. The van der Waals surface area contributed by atoms with Gasteiger partial charge in [-0.3, -0.25) is 9.59 Å². The number of amides is 1. The van der Waals surface area contributed by atoms with Gasteiger partial charge in [-0.05, 0) is 24.1 Å². The predicted molar refractivity (Wildman–Crippen MR) is 109 cm³/mol. The molecule has 0 N–H and O–H groups in total. The molecule has 0 aromatic heterocycles. The number of sulfonamides is 1. The topological polar surface area (TPSA) is 84.0 Å². The molecule has 1 aromatic carbocycles. The molecule has 0 bridgehead atoms. The summed E-state index contributed by atoms with van der Waals surface area (Å²) >= 11 is 12.4. The first-order chi connectivity index (χ1) is 13.1. The first-order valence-electron chi connectivity index (χ1n) is 8.62. The molecule has 1 saturated heterocycles. The van der Waals surface area contributed by atoms with Gasteiger partial charge in [0, 0.05) is 31.7 Å². The van der Waals surface area contributed by atoms with E-state index in [1.54, 1.807) is 0 Å². The van der Waals surface area contributed by atoms with Crippen molar-refractivity contribution >= 4 is 44.9 Å². The highest BCUT2D eigenvalue weighted by molar-refractivity contribution is 7.88. The SMILES string of the molecule is C=C(CC)C(=O)c1ccc(OCC(=O)N2CCN(S(C)(=O)=O)CC2)c(Cl)c1Cl. The number of allylic oxidation sites excluding steroid dienone is 1. The number of hydrogen-bond donors (Lipinski definition) is 0. The van der Waals surface area contributed by atoms with E-state index in [0.717, 1.165) is 6.26 Å². The summed E-state index contributed by atoms with van der Waals surface area (Å²) in [4.78, 5) is 26.1. The summed E-state index contributed by atoms with van der Waals surface area (Å²) in [6.45, 7) is 6.31. The highest BCUT2D eigenvalue weighted by Crippen LogP contribution is 2.35. The second-order valence-corrected chi connectivity index (χ2v) is 9.10. The highest BCUT2D eigenvalue weighted by Gasteiger charge is 2.26. The van der Waals surface area contributed by atoms with Crippen molar-refractivity contribution in [3.05, 3.63) is 39.9 Å². The van der Waals surface area contributed by atoms with Gasteiger partial charge in [-0.15, -0.1) is 0 Å². The molecule has 1 fully saturated rings. The molecule has 0 radical (unpaired) electrons. The average molecular weight is 449 g/mol. The lowest BCUT2D eigenvalue weighted by molar-refractivity contribution is -0.134. The second-order valence-electron chi connectivity index (χ2n) is 6.36. The van der Waals surface area contributed by atoms with Crippen LogP contribution in [0.5, 0.6) is 5.75 Å². The number of nitrogens with zero attached hydrogens (tertiary/aromatic N) is 2. The Kier molecular flexibility index (Phi) is 7.50. The van der Waals surface area contributed by atoms with Gasteiger partial charge in [-0.1, -0.05) is 36.7 Å². The van der Waals surface area contributed by atoms with E-state index in [9.17, 15) is 18.0 Å².